The zero-order valence-electron chi connectivity index (χ0n) is 16.7. The lowest BCUT2D eigenvalue weighted by Gasteiger charge is -2.33. The number of piperidine rings is 1. The molecule has 0 atom stereocenters. The molecule has 1 amide bonds. The van der Waals surface area contributed by atoms with Crippen molar-refractivity contribution in [3.8, 4) is 0 Å². The van der Waals surface area contributed by atoms with E-state index in [1.54, 1.807) is 6.07 Å². The summed E-state index contributed by atoms with van der Waals surface area (Å²) >= 11 is 0. The minimum Gasteiger partial charge on any atom is -0.353 e. The van der Waals surface area contributed by atoms with Crippen molar-refractivity contribution in [1.29, 1.82) is 0 Å². The third-order valence-corrected chi connectivity index (χ3v) is 8.19. The lowest BCUT2D eigenvalue weighted by Crippen LogP contribution is -2.46. The van der Waals surface area contributed by atoms with Gasteiger partial charge in [0.15, 0.2) is 0 Å². The molecule has 5 nitrogen and oxygen atoms in total. The van der Waals surface area contributed by atoms with Crippen molar-refractivity contribution < 1.29 is 13.2 Å². The van der Waals surface area contributed by atoms with Crippen LogP contribution in [0.4, 0.5) is 0 Å². The van der Waals surface area contributed by atoms with Gasteiger partial charge < -0.3 is 5.32 Å². The molecule has 1 aliphatic heterocycles. The molecule has 1 N–H and O–H groups in total. The molecule has 0 radical (unpaired) electrons. The molecular formula is C21H32N2O3S. The standard InChI is InChI=1S/C21H32N2O3S/c1-15-4-7-19(8-5-15)22-21(24)18-10-12-23(13-11-18)27(25,26)20-9-6-16(2)14-17(20)3/h6,9,14-15,18-19H,4-5,7-8,10-13H2,1-3H3,(H,22,24). The number of benzene rings is 1. The van der Waals surface area contributed by atoms with Gasteiger partial charge in [0.25, 0.3) is 0 Å². The normalized spacial score (nSPS) is 25.3. The van der Waals surface area contributed by atoms with Crippen LogP contribution in [0, 0.1) is 25.7 Å². The summed E-state index contributed by atoms with van der Waals surface area (Å²) in [5.41, 5.74) is 1.83. The molecule has 2 fully saturated rings. The molecule has 6 heteroatoms. The SMILES string of the molecule is Cc1ccc(S(=O)(=O)N2CCC(C(=O)NC3CCC(C)CC3)CC2)c(C)c1. The highest BCUT2D eigenvalue weighted by Crippen LogP contribution is 2.27. The minimum atomic E-state index is -3.49. The van der Waals surface area contributed by atoms with E-state index in [9.17, 15) is 13.2 Å². The molecule has 0 aromatic heterocycles. The van der Waals surface area contributed by atoms with Crippen molar-refractivity contribution in [2.75, 3.05) is 13.1 Å². The highest BCUT2D eigenvalue weighted by Gasteiger charge is 2.33. The van der Waals surface area contributed by atoms with Gasteiger partial charge >= 0.3 is 0 Å². The Bertz CT molecular complexity index is 775. The first-order chi connectivity index (χ1) is 12.8. The molecule has 2 aliphatic rings. The largest absolute Gasteiger partial charge is 0.353 e. The lowest BCUT2D eigenvalue weighted by atomic mass is 9.87. The predicted octanol–water partition coefficient (Wildman–Crippen LogP) is 3.40. The maximum absolute atomic E-state index is 13.0. The van der Waals surface area contributed by atoms with Crippen molar-refractivity contribution in [3.63, 3.8) is 0 Å². The summed E-state index contributed by atoms with van der Waals surface area (Å²) in [5, 5.41) is 3.20. The summed E-state index contributed by atoms with van der Waals surface area (Å²) in [5.74, 6) is 0.796. The maximum Gasteiger partial charge on any atom is 0.243 e. The van der Waals surface area contributed by atoms with E-state index < -0.39 is 10.0 Å². The number of amides is 1. The monoisotopic (exact) mass is 392 g/mol. The molecule has 0 bridgehead atoms. The minimum absolute atomic E-state index is 0.0742. The van der Waals surface area contributed by atoms with Gasteiger partial charge in [-0.15, -0.1) is 0 Å². The van der Waals surface area contributed by atoms with Crippen LogP contribution in [0.2, 0.25) is 0 Å². The fourth-order valence-electron chi connectivity index (χ4n) is 4.31. The molecule has 0 spiro atoms. The van der Waals surface area contributed by atoms with Crippen LogP contribution in [-0.2, 0) is 14.8 Å². The summed E-state index contributed by atoms with van der Waals surface area (Å²) in [7, 11) is -3.49. The Labute approximate surface area is 163 Å². The van der Waals surface area contributed by atoms with E-state index in [0.29, 0.717) is 36.9 Å². The molecule has 1 aromatic rings. The number of aryl methyl sites for hydroxylation is 2. The Hall–Kier alpha value is -1.40. The van der Waals surface area contributed by atoms with Gasteiger partial charge in [-0.3, -0.25) is 4.79 Å². The van der Waals surface area contributed by atoms with E-state index in [4.69, 9.17) is 0 Å². The number of rotatable bonds is 4. The predicted molar refractivity (Wildman–Crippen MR) is 107 cm³/mol. The van der Waals surface area contributed by atoms with E-state index >= 15 is 0 Å². The second kappa shape index (κ2) is 8.31. The van der Waals surface area contributed by atoms with Gasteiger partial charge in [-0.05, 0) is 69.9 Å². The molecular weight excluding hydrogens is 360 g/mol. The number of nitrogens with zero attached hydrogens (tertiary/aromatic N) is 1. The summed E-state index contributed by atoms with van der Waals surface area (Å²) in [6, 6.07) is 5.73. The number of hydrogen-bond donors (Lipinski definition) is 1. The van der Waals surface area contributed by atoms with Crippen LogP contribution in [-0.4, -0.2) is 37.8 Å². The Morgan fingerprint density at radius 1 is 1.04 bits per heavy atom. The fourth-order valence-corrected chi connectivity index (χ4v) is 5.99. The third kappa shape index (κ3) is 4.72. The van der Waals surface area contributed by atoms with Crippen molar-refractivity contribution in [2.24, 2.45) is 11.8 Å². The molecule has 1 heterocycles. The number of nitrogens with one attached hydrogen (secondary N) is 1. The van der Waals surface area contributed by atoms with E-state index in [1.807, 2.05) is 26.0 Å². The van der Waals surface area contributed by atoms with Crippen molar-refractivity contribution in [3.05, 3.63) is 29.3 Å². The van der Waals surface area contributed by atoms with Crippen LogP contribution >= 0.6 is 0 Å². The first-order valence-corrected chi connectivity index (χ1v) is 11.6. The second-order valence-electron chi connectivity index (χ2n) is 8.41. The van der Waals surface area contributed by atoms with Crippen LogP contribution in [0.1, 0.15) is 56.6 Å². The Kier molecular flexibility index (Phi) is 6.26. The van der Waals surface area contributed by atoms with Crippen molar-refractivity contribution in [1.82, 2.24) is 9.62 Å². The number of carbonyl (C=O) groups is 1. The van der Waals surface area contributed by atoms with Gasteiger partial charge in [-0.2, -0.15) is 4.31 Å². The van der Waals surface area contributed by atoms with Crippen LogP contribution in [0.3, 0.4) is 0 Å². The number of sulfonamides is 1. The van der Waals surface area contributed by atoms with E-state index in [-0.39, 0.29) is 11.8 Å². The topological polar surface area (TPSA) is 66.5 Å². The number of carbonyl (C=O) groups excluding carboxylic acids is 1. The van der Waals surface area contributed by atoms with Gasteiger partial charge in [-0.25, -0.2) is 8.42 Å². The highest BCUT2D eigenvalue weighted by molar-refractivity contribution is 7.89. The summed E-state index contributed by atoms with van der Waals surface area (Å²) in [6.45, 7) is 6.89. The Morgan fingerprint density at radius 3 is 2.26 bits per heavy atom. The Balaban J connectivity index is 1.57. The van der Waals surface area contributed by atoms with Crippen LogP contribution in [0.25, 0.3) is 0 Å². The maximum atomic E-state index is 13.0. The summed E-state index contributed by atoms with van der Waals surface area (Å²) < 4.78 is 27.5. The molecule has 0 unspecified atom stereocenters. The average Bonchev–Trinajstić information content (AvgIpc) is 2.63. The average molecular weight is 393 g/mol. The third-order valence-electron chi connectivity index (χ3n) is 6.14. The lowest BCUT2D eigenvalue weighted by molar-refractivity contribution is -0.127. The summed E-state index contributed by atoms with van der Waals surface area (Å²) in [6.07, 6.45) is 5.67. The highest BCUT2D eigenvalue weighted by atomic mass is 32.2. The zero-order valence-corrected chi connectivity index (χ0v) is 17.5. The molecule has 1 saturated heterocycles. The van der Waals surface area contributed by atoms with Gasteiger partial charge in [0.2, 0.25) is 15.9 Å². The van der Waals surface area contributed by atoms with Crippen LogP contribution in [0.15, 0.2) is 23.1 Å². The van der Waals surface area contributed by atoms with Crippen molar-refractivity contribution in [2.45, 2.75) is 70.2 Å². The molecule has 150 valence electrons. The molecule has 27 heavy (non-hydrogen) atoms. The molecule has 1 aromatic carbocycles. The van der Waals surface area contributed by atoms with Crippen molar-refractivity contribution >= 4 is 15.9 Å². The van der Waals surface area contributed by atoms with Gasteiger partial charge in [0.05, 0.1) is 4.90 Å². The van der Waals surface area contributed by atoms with E-state index in [1.165, 1.54) is 17.1 Å². The van der Waals surface area contributed by atoms with Gasteiger partial charge in [0.1, 0.15) is 0 Å². The quantitative estimate of drug-likeness (QED) is 0.854. The van der Waals surface area contributed by atoms with E-state index in [2.05, 4.69) is 12.2 Å². The first-order valence-electron chi connectivity index (χ1n) is 10.1. The van der Waals surface area contributed by atoms with Gasteiger partial charge in [0, 0.05) is 25.0 Å². The molecule has 3 rings (SSSR count). The smallest absolute Gasteiger partial charge is 0.243 e. The van der Waals surface area contributed by atoms with Crippen LogP contribution < -0.4 is 5.32 Å². The molecule has 1 saturated carbocycles. The summed E-state index contributed by atoms with van der Waals surface area (Å²) in [4.78, 5) is 13.0. The second-order valence-corrected chi connectivity index (χ2v) is 10.3. The van der Waals surface area contributed by atoms with Crippen LogP contribution in [0.5, 0.6) is 0 Å². The first kappa shape index (κ1) is 20.3. The van der Waals surface area contributed by atoms with Gasteiger partial charge in [-0.1, -0.05) is 24.6 Å². The fraction of sp³-hybridized carbons (Fsp3) is 0.667. The molecule has 1 aliphatic carbocycles. The Morgan fingerprint density at radius 2 is 1.67 bits per heavy atom. The number of hydrogen-bond acceptors (Lipinski definition) is 3. The van der Waals surface area contributed by atoms with E-state index in [0.717, 1.165) is 29.9 Å². The zero-order chi connectivity index (χ0) is 19.6.